The van der Waals surface area contributed by atoms with Crippen molar-refractivity contribution < 1.29 is 4.79 Å². The van der Waals surface area contributed by atoms with Gasteiger partial charge in [0.2, 0.25) is 0 Å². The zero-order chi connectivity index (χ0) is 12.5. The number of hydrogen-bond acceptors (Lipinski definition) is 1. The number of ketones is 1. The Labute approximate surface area is 106 Å². The summed E-state index contributed by atoms with van der Waals surface area (Å²) in [6.07, 6.45) is 0.586. The van der Waals surface area contributed by atoms with E-state index in [-0.39, 0.29) is 5.78 Å². The molecule has 0 unspecified atom stereocenters. The average Bonchev–Trinajstić information content (AvgIpc) is 2.71. The summed E-state index contributed by atoms with van der Waals surface area (Å²) >= 11 is 0. The number of aryl methyl sites for hydroxylation is 1. The van der Waals surface area contributed by atoms with E-state index in [0.29, 0.717) is 6.42 Å². The van der Waals surface area contributed by atoms with E-state index >= 15 is 0 Å². The summed E-state index contributed by atoms with van der Waals surface area (Å²) in [6.45, 7) is 2.40. The molecule has 0 spiro atoms. The maximum atomic E-state index is 11.2. The Morgan fingerprint density at radius 1 is 0.944 bits per heavy atom. The minimum atomic E-state index is 0.233. The van der Waals surface area contributed by atoms with Gasteiger partial charge in [0, 0.05) is 34.8 Å². The third kappa shape index (κ3) is 1.70. The Balaban J connectivity index is 2.27. The average molecular weight is 237 g/mol. The summed E-state index contributed by atoms with van der Waals surface area (Å²) in [6, 6.07) is 16.7. The number of hydrogen-bond donors (Lipinski definition) is 0. The number of benzene rings is 2. The first-order chi connectivity index (χ1) is 8.77. The SMILES string of the molecule is CC(=O)CCn1c2ccccc2c2ccccc21. The molecule has 0 aliphatic carbocycles. The fourth-order valence-corrected chi connectivity index (χ4v) is 2.51. The molecule has 2 aromatic carbocycles. The van der Waals surface area contributed by atoms with Crippen molar-refractivity contribution in [3.8, 4) is 0 Å². The zero-order valence-electron chi connectivity index (χ0n) is 10.4. The number of fused-ring (bicyclic) bond motifs is 3. The summed E-state index contributed by atoms with van der Waals surface area (Å²) < 4.78 is 2.24. The lowest BCUT2D eigenvalue weighted by Gasteiger charge is -2.05. The van der Waals surface area contributed by atoms with Crippen molar-refractivity contribution in [2.45, 2.75) is 19.9 Å². The Morgan fingerprint density at radius 3 is 1.94 bits per heavy atom. The second-order valence-electron chi connectivity index (χ2n) is 4.64. The quantitative estimate of drug-likeness (QED) is 0.679. The first-order valence-electron chi connectivity index (χ1n) is 6.23. The molecule has 0 saturated carbocycles. The maximum Gasteiger partial charge on any atom is 0.131 e. The van der Waals surface area contributed by atoms with E-state index < -0.39 is 0 Å². The van der Waals surface area contributed by atoms with Crippen LogP contribution in [0.5, 0.6) is 0 Å². The minimum absolute atomic E-state index is 0.233. The van der Waals surface area contributed by atoms with Crippen LogP contribution in [-0.2, 0) is 11.3 Å². The molecule has 2 heteroatoms. The zero-order valence-corrected chi connectivity index (χ0v) is 10.4. The van der Waals surface area contributed by atoms with Gasteiger partial charge in [-0.3, -0.25) is 4.79 Å². The van der Waals surface area contributed by atoms with Gasteiger partial charge < -0.3 is 4.57 Å². The van der Waals surface area contributed by atoms with E-state index in [9.17, 15) is 4.79 Å². The molecule has 3 aromatic rings. The molecule has 1 heterocycles. The number of nitrogens with zero attached hydrogens (tertiary/aromatic N) is 1. The van der Waals surface area contributed by atoms with Gasteiger partial charge in [0.15, 0.2) is 0 Å². The lowest BCUT2D eigenvalue weighted by Crippen LogP contribution is -2.02. The molecule has 0 fully saturated rings. The van der Waals surface area contributed by atoms with Crippen LogP contribution in [0.2, 0.25) is 0 Å². The van der Waals surface area contributed by atoms with Crippen molar-refractivity contribution in [2.24, 2.45) is 0 Å². The van der Waals surface area contributed by atoms with Crippen LogP contribution in [0, 0.1) is 0 Å². The van der Waals surface area contributed by atoms with Crippen molar-refractivity contribution in [1.82, 2.24) is 4.57 Å². The Hall–Kier alpha value is -2.09. The van der Waals surface area contributed by atoms with Crippen molar-refractivity contribution >= 4 is 27.6 Å². The number of carbonyl (C=O) groups excluding carboxylic acids is 1. The molecule has 0 bridgehead atoms. The van der Waals surface area contributed by atoms with Crippen molar-refractivity contribution in [3.63, 3.8) is 0 Å². The Bertz CT molecular complexity index is 671. The number of rotatable bonds is 3. The Morgan fingerprint density at radius 2 is 1.44 bits per heavy atom. The molecule has 90 valence electrons. The highest BCUT2D eigenvalue weighted by molar-refractivity contribution is 6.08. The third-order valence-electron chi connectivity index (χ3n) is 3.37. The van der Waals surface area contributed by atoms with Gasteiger partial charge in [0.25, 0.3) is 0 Å². The smallest absolute Gasteiger partial charge is 0.131 e. The largest absolute Gasteiger partial charge is 0.340 e. The van der Waals surface area contributed by atoms with Crippen LogP contribution in [-0.4, -0.2) is 10.4 Å². The van der Waals surface area contributed by atoms with Gasteiger partial charge in [-0.05, 0) is 19.1 Å². The van der Waals surface area contributed by atoms with Gasteiger partial charge in [-0.25, -0.2) is 0 Å². The second kappa shape index (κ2) is 4.30. The van der Waals surface area contributed by atoms with Crippen molar-refractivity contribution in [3.05, 3.63) is 48.5 Å². The standard InChI is InChI=1S/C16H15NO/c1-12(18)10-11-17-15-8-4-2-6-13(15)14-7-3-5-9-16(14)17/h2-9H,10-11H2,1H3. The molecule has 18 heavy (non-hydrogen) atoms. The van der Waals surface area contributed by atoms with Crippen LogP contribution in [0.25, 0.3) is 21.8 Å². The summed E-state index contributed by atoms with van der Waals surface area (Å²) in [5, 5.41) is 2.52. The summed E-state index contributed by atoms with van der Waals surface area (Å²) in [5.41, 5.74) is 2.42. The molecule has 0 saturated heterocycles. The van der Waals surface area contributed by atoms with E-state index in [1.165, 1.54) is 21.8 Å². The van der Waals surface area contributed by atoms with E-state index in [0.717, 1.165) is 6.54 Å². The highest BCUT2D eigenvalue weighted by Gasteiger charge is 2.09. The van der Waals surface area contributed by atoms with E-state index in [2.05, 4.69) is 41.0 Å². The van der Waals surface area contributed by atoms with Gasteiger partial charge >= 0.3 is 0 Å². The molecule has 0 N–H and O–H groups in total. The predicted molar refractivity (Wildman–Crippen MR) is 74.7 cm³/mol. The fourth-order valence-electron chi connectivity index (χ4n) is 2.51. The van der Waals surface area contributed by atoms with Gasteiger partial charge in [-0.2, -0.15) is 0 Å². The highest BCUT2D eigenvalue weighted by Crippen LogP contribution is 2.28. The molecule has 0 amide bonds. The summed E-state index contributed by atoms with van der Waals surface area (Å²) in [7, 11) is 0. The first-order valence-corrected chi connectivity index (χ1v) is 6.23. The van der Waals surface area contributed by atoms with Crippen LogP contribution < -0.4 is 0 Å². The minimum Gasteiger partial charge on any atom is -0.340 e. The van der Waals surface area contributed by atoms with Crippen LogP contribution in [0.4, 0.5) is 0 Å². The van der Waals surface area contributed by atoms with Crippen LogP contribution in [0.3, 0.4) is 0 Å². The van der Waals surface area contributed by atoms with E-state index in [1.807, 2.05) is 12.1 Å². The number of para-hydroxylation sites is 2. The molecule has 3 rings (SSSR count). The van der Waals surface area contributed by atoms with E-state index in [1.54, 1.807) is 6.92 Å². The maximum absolute atomic E-state index is 11.2. The van der Waals surface area contributed by atoms with E-state index in [4.69, 9.17) is 0 Å². The first kappa shape index (κ1) is 11.0. The lowest BCUT2D eigenvalue weighted by molar-refractivity contribution is -0.117. The molecular formula is C16H15NO. The van der Waals surface area contributed by atoms with Crippen LogP contribution in [0.1, 0.15) is 13.3 Å². The van der Waals surface area contributed by atoms with Gasteiger partial charge in [-0.1, -0.05) is 36.4 Å². The monoisotopic (exact) mass is 237 g/mol. The number of aromatic nitrogens is 1. The predicted octanol–water partition coefficient (Wildman–Crippen LogP) is 3.77. The molecule has 0 aliphatic heterocycles. The number of Topliss-reactive ketones (excluding diaryl/α,β-unsaturated/α-hetero) is 1. The van der Waals surface area contributed by atoms with Gasteiger partial charge in [-0.15, -0.1) is 0 Å². The van der Waals surface area contributed by atoms with Gasteiger partial charge in [0.1, 0.15) is 5.78 Å². The molecule has 0 radical (unpaired) electrons. The fraction of sp³-hybridized carbons (Fsp3) is 0.188. The lowest BCUT2D eigenvalue weighted by atomic mass is 10.2. The van der Waals surface area contributed by atoms with Crippen molar-refractivity contribution in [1.29, 1.82) is 0 Å². The molecule has 1 aromatic heterocycles. The molecule has 0 aliphatic rings. The van der Waals surface area contributed by atoms with Crippen LogP contribution >= 0.6 is 0 Å². The summed E-state index contributed by atoms with van der Waals surface area (Å²) in [5.74, 6) is 0.233. The molecular weight excluding hydrogens is 222 g/mol. The van der Waals surface area contributed by atoms with Crippen LogP contribution in [0.15, 0.2) is 48.5 Å². The van der Waals surface area contributed by atoms with Crippen molar-refractivity contribution in [2.75, 3.05) is 0 Å². The van der Waals surface area contributed by atoms with Gasteiger partial charge in [0.05, 0.1) is 0 Å². The number of carbonyl (C=O) groups is 1. The molecule has 2 nitrogen and oxygen atoms in total. The summed E-state index contributed by atoms with van der Waals surface area (Å²) in [4.78, 5) is 11.2. The molecule has 0 atom stereocenters. The third-order valence-corrected chi connectivity index (χ3v) is 3.37. The highest BCUT2D eigenvalue weighted by atomic mass is 16.1. The second-order valence-corrected chi connectivity index (χ2v) is 4.64. The Kier molecular flexibility index (Phi) is 2.63. The normalized spacial score (nSPS) is 11.2. The topological polar surface area (TPSA) is 22.0 Å².